The predicted molar refractivity (Wildman–Crippen MR) is 72.9 cm³/mol. The van der Waals surface area contributed by atoms with Gasteiger partial charge in [-0.25, -0.2) is 0 Å². The summed E-state index contributed by atoms with van der Waals surface area (Å²) in [4.78, 5) is 15.8. The van der Waals surface area contributed by atoms with Crippen molar-refractivity contribution in [2.24, 2.45) is 11.7 Å². The second-order valence-electron chi connectivity index (χ2n) is 4.81. The van der Waals surface area contributed by atoms with Crippen LogP contribution in [-0.4, -0.2) is 17.4 Å². The molecule has 1 aromatic heterocycles. The summed E-state index contributed by atoms with van der Waals surface area (Å²) < 4.78 is 0. The number of amides is 1. The molecule has 1 unspecified atom stereocenters. The van der Waals surface area contributed by atoms with Crippen LogP contribution in [0.5, 0.6) is 0 Å². The first-order valence-corrected chi connectivity index (χ1v) is 6.50. The standard InChI is InChI=1S/C14H23N3O/c1-11(7-8-15)3-6-14(18)17-10-13-5-4-12(2)16-9-13/h4-5,9,11H,3,6-8,10,15H2,1-2H3,(H,17,18). The summed E-state index contributed by atoms with van der Waals surface area (Å²) in [7, 11) is 0. The maximum Gasteiger partial charge on any atom is 0.220 e. The Morgan fingerprint density at radius 3 is 2.83 bits per heavy atom. The van der Waals surface area contributed by atoms with Gasteiger partial charge in [0.25, 0.3) is 0 Å². The number of pyridine rings is 1. The van der Waals surface area contributed by atoms with Crippen molar-refractivity contribution in [1.82, 2.24) is 10.3 Å². The maximum absolute atomic E-state index is 11.6. The van der Waals surface area contributed by atoms with E-state index in [2.05, 4.69) is 17.2 Å². The number of aromatic nitrogens is 1. The molecule has 0 saturated heterocycles. The fraction of sp³-hybridized carbons (Fsp3) is 0.571. The second kappa shape index (κ2) is 7.82. The molecule has 1 heterocycles. The molecule has 4 heteroatoms. The van der Waals surface area contributed by atoms with Crippen LogP contribution in [-0.2, 0) is 11.3 Å². The number of rotatable bonds is 7. The third-order valence-electron chi connectivity index (χ3n) is 2.99. The van der Waals surface area contributed by atoms with E-state index < -0.39 is 0 Å². The Morgan fingerprint density at radius 1 is 1.44 bits per heavy atom. The van der Waals surface area contributed by atoms with Gasteiger partial charge in [-0.1, -0.05) is 13.0 Å². The zero-order valence-corrected chi connectivity index (χ0v) is 11.3. The smallest absolute Gasteiger partial charge is 0.220 e. The Hall–Kier alpha value is -1.42. The number of nitrogens with one attached hydrogen (secondary N) is 1. The molecule has 0 aliphatic carbocycles. The van der Waals surface area contributed by atoms with Crippen molar-refractivity contribution in [2.75, 3.05) is 6.54 Å². The molecule has 0 aliphatic heterocycles. The van der Waals surface area contributed by atoms with E-state index in [0.717, 1.165) is 24.1 Å². The van der Waals surface area contributed by atoms with Gasteiger partial charge in [0.05, 0.1) is 0 Å². The number of carbonyl (C=O) groups is 1. The van der Waals surface area contributed by atoms with Crippen molar-refractivity contribution in [1.29, 1.82) is 0 Å². The van der Waals surface area contributed by atoms with Crippen molar-refractivity contribution in [2.45, 2.75) is 39.7 Å². The molecule has 1 rings (SSSR count). The SMILES string of the molecule is Cc1ccc(CNC(=O)CCC(C)CCN)cn1. The molecule has 1 aromatic rings. The van der Waals surface area contributed by atoms with Gasteiger partial charge in [0.2, 0.25) is 5.91 Å². The number of nitrogens with zero attached hydrogens (tertiary/aromatic N) is 1. The topological polar surface area (TPSA) is 68.0 Å². The molecule has 4 nitrogen and oxygen atoms in total. The molecule has 3 N–H and O–H groups in total. The quantitative estimate of drug-likeness (QED) is 0.774. The van der Waals surface area contributed by atoms with E-state index in [-0.39, 0.29) is 5.91 Å². The van der Waals surface area contributed by atoms with Crippen molar-refractivity contribution >= 4 is 5.91 Å². The highest BCUT2D eigenvalue weighted by Crippen LogP contribution is 2.08. The van der Waals surface area contributed by atoms with Gasteiger partial charge in [0, 0.05) is 24.9 Å². The lowest BCUT2D eigenvalue weighted by Gasteiger charge is -2.10. The molecule has 0 bridgehead atoms. The van der Waals surface area contributed by atoms with Gasteiger partial charge in [-0.2, -0.15) is 0 Å². The monoisotopic (exact) mass is 249 g/mol. The average molecular weight is 249 g/mol. The molecular formula is C14H23N3O. The van der Waals surface area contributed by atoms with Crippen LogP contribution in [0, 0.1) is 12.8 Å². The molecule has 18 heavy (non-hydrogen) atoms. The minimum atomic E-state index is 0.0967. The van der Waals surface area contributed by atoms with Gasteiger partial charge in [0.15, 0.2) is 0 Å². The van der Waals surface area contributed by atoms with Gasteiger partial charge in [-0.3, -0.25) is 9.78 Å². The summed E-state index contributed by atoms with van der Waals surface area (Å²) in [6.45, 7) is 5.32. The van der Waals surface area contributed by atoms with Crippen molar-refractivity contribution in [3.8, 4) is 0 Å². The Kier molecular flexibility index (Phi) is 6.36. The van der Waals surface area contributed by atoms with Crippen molar-refractivity contribution in [3.05, 3.63) is 29.6 Å². The summed E-state index contributed by atoms with van der Waals surface area (Å²) in [6, 6.07) is 3.93. The highest BCUT2D eigenvalue weighted by molar-refractivity contribution is 5.75. The fourth-order valence-corrected chi connectivity index (χ4v) is 1.70. The fourth-order valence-electron chi connectivity index (χ4n) is 1.70. The molecule has 1 amide bonds. The number of carbonyl (C=O) groups excluding carboxylic acids is 1. The van der Waals surface area contributed by atoms with E-state index in [1.807, 2.05) is 19.1 Å². The molecule has 0 fully saturated rings. The van der Waals surface area contributed by atoms with Gasteiger partial charge in [-0.05, 0) is 43.9 Å². The first kappa shape index (κ1) is 14.6. The molecule has 0 saturated carbocycles. The second-order valence-corrected chi connectivity index (χ2v) is 4.81. The highest BCUT2D eigenvalue weighted by atomic mass is 16.1. The van der Waals surface area contributed by atoms with Crippen LogP contribution in [0.4, 0.5) is 0 Å². The molecular weight excluding hydrogens is 226 g/mol. The molecule has 0 spiro atoms. The minimum absolute atomic E-state index is 0.0967. The third-order valence-corrected chi connectivity index (χ3v) is 2.99. The maximum atomic E-state index is 11.6. The van der Waals surface area contributed by atoms with Gasteiger partial charge in [-0.15, -0.1) is 0 Å². The number of nitrogens with two attached hydrogens (primary N) is 1. The lowest BCUT2D eigenvalue weighted by atomic mass is 10.0. The third kappa shape index (κ3) is 5.77. The number of hydrogen-bond donors (Lipinski definition) is 2. The Labute approximate surface area is 109 Å². The molecule has 0 aliphatic rings. The van der Waals surface area contributed by atoms with E-state index in [4.69, 9.17) is 5.73 Å². The van der Waals surface area contributed by atoms with E-state index >= 15 is 0 Å². The predicted octanol–water partition coefficient (Wildman–Crippen LogP) is 1.77. The van der Waals surface area contributed by atoms with Crippen LogP contribution in [0.1, 0.15) is 37.4 Å². The largest absolute Gasteiger partial charge is 0.352 e. The van der Waals surface area contributed by atoms with Crippen LogP contribution >= 0.6 is 0 Å². The lowest BCUT2D eigenvalue weighted by molar-refractivity contribution is -0.121. The summed E-state index contributed by atoms with van der Waals surface area (Å²) >= 11 is 0. The minimum Gasteiger partial charge on any atom is -0.352 e. The normalized spacial score (nSPS) is 12.2. The summed E-state index contributed by atoms with van der Waals surface area (Å²) in [5.41, 5.74) is 7.49. The number of hydrogen-bond acceptors (Lipinski definition) is 3. The van der Waals surface area contributed by atoms with Gasteiger partial charge < -0.3 is 11.1 Å². The molecule has 100 valence electrons. The van der Waals surface area contributed by atoms with E-state index in [0.29, 0.717) is 25.4 Å². The van der Waals surface area contributed by atoms with E-state index in [1.54, 1.807) is 6.20 Å². The van der Waals surface area contributed by atoms with Crippen LogP contribution in [0.25, 0.3) is 0 Å². The summed E-state index contributed by atoms with van der Waals surface area (Å²) in [6.07, 6.45) is 4.25. The average Bonchev–Trinajstić information content (AvgIpc) is 2.36. The Morgan fingerprint density at radius 2 is 2.22 bits per heavy atom. The van der Waals surface area contributed by atoms with Crippen molar-refractivity contribution < 1.29 is 4.79 Å². The van der Waals surface area contributed by atoms with Crippen LogP contribution < -0.4 is 11.1 Å². The van der Waals surface area contributed by atoms with Crippen LogP contribution in [0.3, 0.4) is 0 Å². The number of aryl methyl sites for hydroxylation is 1. The summed E-state index contributed by atoms with van der Waals surface area (Å²) in [5, 5.41) is 2.91. The lowest BCUT2D eigenvalue weighted by Crippen LogP contribution is -2.23. The van der Waals surface area contributed by atoms with Gasteiger partial charge in [0.1, 0.15) is 0 Å². The highest BCUT2D eigenvalue weighted by Gasteiger charge is 2.06. The summed E-state index contributed by atoms with van der Waals surface area (Å²) in [5.74, 6) is 0.612. The first-order chi connectivity index (χ1) is 8.61. The molecule has 0 aromatic carbocycles. The van der Waals surface area contributed by atoms with Crippen molar-refractivity contribution in [3.63, 3.8) is 0 Å². The van der Waals surface area contributed by atoms with Crippen LogP contribution in [0.15, 0.2) is 18.3 Å². The molecule has 0 radical (unpaired) electrons. The Bertz CT molecular complexity index is 362. The Balaban J connectivity index is 2.22. The van der Waals surface area contributed by atoms with E-state index in [9.17, 15) is 4.79 Å². The zero-order valence-electron chi connectivity index (χ0n) is 11.3. The zero-order chi connectivity index (χ0) is 13.4. The molecule has 1 atom stereocenters. The van der Waals surface area contributed by atoms with Gasteiger partial charge >= 0.3 is 0 Å². The van der Waals surface area contributed by atoms with E-state index in [1.165, 1.54) is 0 Å². The first-order valence-electron chi connectivity index (χ1n) is 6.50. The van der Waals surface area contributed by atoms with Crippen LogP contribution in [0.2, 0.25) is 0 Å².